The molecule has 0 unspecified atom stereocenters. The van der Waals surface area contributed by atoms with Crippen molar-refractivity contribution in [2.45, 2.75) is 0 Å². The Labute approximate surface area is 246 Å². The van der Waals surface area contributed by atoms with Crippen LogP contribution in [0.5, 0.6) is 17.2 Å². The van der Waals surface area contributed by atoms with Crippen LogP contribution in [0.3, 0.4) is 0 Å². The van der Waals surface area contributed by atoms with Crippen molar-refractivity contribution in [2.24, 2.45) is 0 Å². The van der Waals surface area contributed by atoms with Crippen molar-refractivity contribution in [1.29, 1.82) is 0 Å². The third-order valence-electron chi connectivity index (χ3n) is 6.14. The maximum atomic E-state index is 12.4. The Morgan fingerprint density at radius 3 is 1.64 bits per heavy atom. The van der Waals surface area contributed by atoms with Crippen molar-refractivity contribution < 1.29 is 29.3 Å². The number of aromatic hydroxyl groups is 1. The average molecular weight is 569 g/mol. The highest BCUT2D eigenvalue weighted by Crippen LogP contribution is 2.20. The van der Waals surface area contributed by atoms with E-state index in [2.05, 4.69) is 18.1 Å². The second kappa shape index (κ2) is 16.8. The smallest absolute Gasteiger partial charge is 0.328 e. The van der Waals surface area contributed by atoms with Crippen LogP contribution in [0.1, 0.15) is 11.1 Å². The van der Waals surface area contributed by atoms with Crippen LogP contribution in [-0.4, -0.2) is 66.4 Å². The molecule has 3 aromatic rings. The minimum Gasteiger partial charge on any atom is -0.508 e. The van der Waals surface area contributed by atoms with Crippen molar-refractivity contribution >= 4 is 29.7 Å². The van der Waals surface area contributed by atoms with Gasteiger partial charge in [-0.3, -0.25) is 4.79 Å². The number of hydrogen-bond donors (Lipinski definition) is 2. The normalized spacial score (nSPS) is 12.9. The topological polar surface area (TPSA) is 99.5 Å². The van der Waals surface area contributed by atoms with E-state index in [0.29, 0.717) is 26.3 Å². The molecule has 1 saturated heterocycles. The van der Waals surface area contributed by atoms with Gasteiger partial charge in [-0.15, -0.1) is 0 Å². The van der Waals surface area contributed by atoms with Gasteiger partial charge in [0.1, 0.15) is 30.5 Å². The summed E-state index contributed by atoms with van der Waals surface area (Å²) in [5.74, 6) is 0.846. The fourth-order valence-electron chi connectivity index (χ4n) is 3.95. The molecule has 0 spiro atoms. The minimum atomic E-state index is -0.956. The van der Waals surface area contributed by atoms with Gasteiger partial charge >= 0.3 is 5.97 Å². The number of carbonyl (C=O) groups is 2. The van der Waals surface area contributed by atoms with Gasteiger partial charge in [-0.2, -0.15) is 0 Å². The molecule has 8 heteroatoms. The molecule has 42 heavy (non-hydrogen) atoms. The Balaban J connectivity index is 0.000000274. The number of anilines is 1. The first-order chi connectivity index (χ1) is 20.4. The maximum Gasteiger partial charge on any atom is 0.328 e. The number of carboxylic acid groups (broad SMARTS) is 1. The zero-order valence-corrected chi connectivity index (χ0v) is 23.5. The zero-order chi connectivity index (χ0) is 30.2. The number of rotatable bonds is 11. The molecule has 0 aromatic heterocycles. The molecule has 0 bridgehead atoms. The lowest BCUT2D eigenvalue weighted by Crippen LogP contribution is -2.48. The van der Waals surface area contributed by atoms with Gasteiger partial charge < -0.3 is 29.5 Å². The quantitative estimate of drug-likeness (QED) is 0.227. The van der Waals surface area contributed by atoms with Crippen LogP contribution in [0.2, 0.25) is 0 Å². The molecule has 4 rings (SSSR count). The first-order valence-corrected chi connectivity index (χ1v) is 13.5. The molecular formula is C34H36N2O6. The summed E-state index contributed by atoms with van der Waals surface area (Å²) in [5, 5.41) is 17.8. The number of phenolic OH excluding ortho intramolecular Hbond substituents is 1. The Kier molecular flexibility index (Phi) is 12.5. The van der Waals surface area contributed by atoms with E-state index in [1.165, 1.54) is 6.08 Å². The van der Waals surface area contributed by atoms with Crippen LogP contribution in [0.4, 0.5) is 5.69 Å². The van der Waals surface area contributed by atoms with E-state index in [0.717, 1.165) is 47.5 Å². The lowest BCUT2D eigenvalue weighted by molar-refractivity contribution is -0.131. The van der Waals surface area contributed by atoms with Gasteiger partial charge in [0, 0.05) is 44.0 Å². The Bertz CT molecular complexity index is 1350. The fraction of sp³-hybridized carbons (Fsp3) is 0.176. The van der Waals surface area contributed by atoms with Crippen molar-refractivity contribution in [3.63, 3.8) is 0 Å². The molecule has 0 atom stereocenters. The van der Waals surface area contributed by atoms with Crippen LogP contribution in [0, 0.1) is 0 Å². The molecule has 1 heterocycles. The van der Waals surface area contributed by atoms with Crippen LogP contribution in [0.25, 0.3) is 12.2 Å². The van der Waals surface area contributed by atoms with Gasteiger partial charge in [-0.25, -0.2) is 4.79 Å². The summed E-state index contributed by atoms with van der Waals surface area (Å²) < 4.78 is 10.7. The van der Waals surface area contributed by atoms with Gasteiger partial charge in [0.2, 0.25) is 5.91 Å². The summed E-state index contributed by atoms with van der Waals surface area (Å²) in [7, 11) is 0. The summed E-state index contributed by atoms with van der Waals surface area (Å²) in [4.78, 5) is 26.8. The Morgan fingerprint density at radius 1 is 0.714 bits per heavy atom. The number of ether oxygens (including phenoxy) is 2. The first kappa shape index (κ1) is 31.3. The summed E-state index contributed by atoms with van der Waals surface area (Å²) >= 11 is 0. The highest BCUT2D eigenvalue weighted by molar-refractivity contribution is 5.92. The van der Waals surface area contributed by atoms with E-state index in [1.807, 2.05) is 47.4 Å². The molecule has 218 valence electrons. The monoisotopic (exact) mass is 568 g/mol. The van der Waals surface area contributed by atoms with Gasteiger partial charge in [-0.05, 0) is 71.8 Å². The molecule has 1 fully saturated rings. The number of amides is 1. The summed E-state index contributed by atoms with van der Waals surface area (Å²) in [6.07, 6.45) is 9.44. The molecule has 0 saturated carbocycles. The second-order valence-corrected chi connectivity index (χ2v) is 9.17. The van der Waals surface area contributed by atoms with Gasteiger partial charge in [0.25, 0.3) is 0 Å². The third kappa shape index (κ3) is 10.7. The lowest BCUT2D eigenvalue weighted by Gasteiger charge is -2.35. The highest BCUT2D eigenvalue weighted by Gasteiger charge is 2.19. The SMILES string of the molecule is C=CCOc1ccc(/C=C/C(=O)N2CCN(c3ccc(O)cc3)CC2)cc1.C=CCOc1ccc(/C=C/C(=O)O)cc1. The van der Waals surface area contributed by atoms with Gasteiger partial charge in [-0.1, -0.05) is 49.6 Å². The van der Waals surface area contributed by atoms with Crippen molar-refractivity contribution in [3.05, 3.63) is 121 Å². The standard InChI is InChI=1S/C22H24N2O3.C12H12O3/c1-2-17-27-21-10-3-18(4-11-21)5-12-22(26)24-15-13-23(14-16-24)19-6-8-20(25)9-7-19;1-2-9-15-11-6-3-10(4-7-11)5-8-12(13)14/h2-12,25H,1,13-17H2;2-8H,1,9H2,(H,13,14)/b12-5+;8-5+. The number of carbonyl (C=O) groups excluding carboxylic acids is 1. The summed E-state index contributed by atoms with van der Waals surface area (Å²) in [5.41, 5.74) is 2.84. The van der Waals surface area contributed by atoms with E-state index in [-0.39, 0.29) is 11.7 Å². The number of phenols is 1. The molecular weight excluding hydrogens is 532 g/mol. The zero-order valence-electron chi connectivity index (χ0n) is 23.5. The van der Waals surface area contributed by atoms with Crippen LogP contribution >= 0.6 is 0 Å². The molecule has 1 aliphatic rings. The average Bonchev–Trinajstić information content (AvgIpc) is 3.02. The predicted molar refractivity (Wildman–Crippen MR) is 167 cm³/mol. The lowest BCUT2D eigenvalue weighted by atomic mass is 10.2. The van der Waals surface area contributed by atoms with Crippen LogP contribution in [0.15, 0.2) is 110 Å². The van der Waals surface area contributed by atoms with Crippen molar-refractivity contribution in [2.75, 3.05) is 44.3 Å². The maximum absolute atomic E-state index is 12.4. The summed E-state index contributed by atoms with van der Waals surface area (Å²) in [6, 6.07) is 21.9. The molecule has 3 aromatic carbocycles. The van der Waals surface area contributed by atoms with E-state index in [9.17, 15) is 14.7 Å². The fourth-order valence-corrected chi connectivity index (χ4v) is 3.95. The van der Waals surface area contributed by atoms with Gasteiger partial charge in [0.05, 0.1) is 0 Å². The Morgan fingerprint density at radius 2 is 1.19 bits per heavy atom. The predicted octanol–water partition coefficient (Wildman–Crippen LogP) is 5.67. The first-order valence-electron chi connectivity index (χ1n) is 13.5. The highest BCUT2D eigenvalue weighted by atomic mass is 16.5. The summed E-state index contributed by atoms with van der Waals surface area (Å²) in [6.45, 7) is 11.0. The number of benzene rings is 3. The van der Waals surface area contributed by atoms with Gasteiger partial charge in [0.15, 0.2) is 0 Å². The van der Waals surface area contributed by atoms with Crippen molar-refractivity contribution in [1.82, 2.24) is 4.90 Å². The Hall–Kier alpha value is -5.24. The molecule has 0 radical (unpaired) electrons. The number of nitrogens with zero attached hydrogens (tertiary/aromatic N) is 2. The van der Waals surface area contributed by atoms with Crippen LogP contribution in [-0.2, 0) is 9.59 Å². The minimum absolute atomic E-state index is 0.0207. The molecule has 2 N–H and O–H groups in total. The number of piperazine rings is 1. The molecule has 0 aliphatic carbocycles. The van der Waals surface area contributed by atoms with Crippen molar-refractivity contribution in [3.8, 4) is 17.2 Å². The molecule has 8 nitrogen and oxygen atoms in total. The number of carboxylic acids is 1. The second-order valence-electron chi connectivity index (χ2n) is 9.17. The third-order valence-corrected chi connectivity index (χ3v) is 6.14. The number of aliphatic carboxylic acids is 1. The number of hydrogen-bond acceptors (Lipinski definition) is 6. The largest absolute Gasteiger partial charge is 0.508 e. The molecule has 1 aliphatic heterocycles. The van der Waals surface area contributed by atoms with E-state index in [1.54, 1.807) is 54.6 Å². The molecule has 1 amide bonds. The van der Waals surface area contributed by atoms with E-state index < -0.39 is 5.97 Å². The van der Waals surface area contributed by atoms with Crippen LogP contribution < -0.4 is 14.4 Å². The van der Waals surface area contributed by atoms with E-state index >= 15 is 0 Å². The van der Waals surface area contributed by atoms with E-state index in [4.69, 9.17) is 14.6 Å².